The number of hydrogen-bond acceptors (Lipinski definition) is 2. The summed E-state index contributed by atoms with van der Waals surface area (Å²) in [5, 5.41) is 8.23. The van der Waals surface area contributed by atoms with E-state index in [9.17, 15) is 4.79 Å². The smallest absolute Gasteiger partial charge is 0.328 e. The first kappa shape index (κ1) is 9.17. The summed E-state index contributed by atoms with van der Waals surface area (Å²) in [4.78, 5) is 10.0. The SMILES string of the molecule is COC(C)(C)/C=C\C(=O)O. The zero-order valence-electron chi connectivity index (χ0n) is 6.42. The molecule has 0 heterocycles. The fourth-order valence-electron chi connectivity index (χ4n) is 0.340. The molecule has 0 saturated heterocycles. The molecule has 3 heteroatoms. The van der Waals surface area contributed by atoms with Crippen molar-refractivity contribution < 1.29 is 14.6 Å². The van der Waals surface area contributed by atoms with Crippen LogP contribution in [0.3, 0.4) is 0 Å². The van der Waals surface area contributed by atoms with E-state index in [0.717, 1.165) is 6.08 Å². The van der Waals surface area contributed by atoms with E-state index in [1.54, 1.807) is 13.8 Å². The minimum absolute atomic E-state index is 0.488. The third-order valence-corrected chi connectivity index (χ3v) is 1.15. The summed E-state index contributed by atoms with van der Waals surface area (Å²) >= 11 is 0. The first-order chi connectivity index (χ1) is 4.48. The zero-order valence-corrected chi connectivity index (χ0v) is 6.42. The Balaban J connectivity index is 3.99. The number of carboxylic acid groups (broad SMARTS) is 1. The molecule has 0 aliphatic carbocycles. The molecule has 0 aromatic rings. The molecular formula is C7H12O3. The zero-order chi connectivity index (χ0) is 8.20. The van der Waals surface area contributed by atoms with Gasteiger partial charge in [-0.1, -0.05) is 0 Å². The molecule has 0 bridgehead atoms. The van der Waals surface area contributed by atoms with E-state index in [0.29, 0.717) is 0 Å². The molecule has 0 aromatic heterocycles. The van der Waals surface area contributed by atoms with E-state index >= 15 is 0 Å². The van der Waals surface area contributed by atoms with Crippen LogP contribution in [-0.4, -0.2) is 23.8 Å². The fourth-order valence-corrected chi connectivity index (χ4v) is 0.340. The molecule has 0 aliphatic rings. The van der Waals surface area contributed by atoms with E-state index in [1.165, 1.54) is 13.2 Å². The highest BCUT2D eigenvalue weighted by molar-refractivity contribution is 5.79. The fraction of sp³-hybridized carbons (Fsp3) is 0.571. The van der Waals surface area contributed by atoms with Crippen molar-refractivity contribution in [2.24, 2.45) is 0 Å². The second-order valence-electron chi connectivity index (χ2n) is 2.48. The first-order valence-corrected chi connectivity index (χ1v) is 2.95. The molecule has 0 amide bonds. The Kier molecular flexibility index (Phi) is 3.09. The second-order valence-corrected chi connectivity index (χ2v) is 2.48. The van der Waals surface area contributed by atoms with Gasteiger partial charge in [0.1, 0.15) is 0 Å². The van der Waals surface area contributed by atoms with Crippen LogP contribution in [-0.2, 0) is 9.53 Å². The molecule has 0 rings (SSSR count). The van der Waals surface area contributed by atoms with Gasteiger partial charge in [0.2, 0.25) is 0 Å². The second kappa shape index (κ2) is 3.37. The van der Waals surface area contributed by atoms with Gasteiger partial charge in [0.15, 0.2) is 0 Å². The van der Waals surface area contributed by atoms with Gasteiger partial charge in [0.25, 0.3) is 0 Å². The lowest BCUT2D eigenvalue weighted by atomic mass is 10.1. The molecule has 0 aromatic carbocycles. The topological polar surface area (TPSA) is 46.5 Å². The molecule has 0 radical (unpaired) electrons. The largest absolute Gasteiger partial charge is 0.478 e. The number of aliphatic carboxylic acids is 1. The molecule has 0 spiro atoms. The summed E-state index contributed by atoms with van der Waals surface area (Å²) in [6, 6.07) is 0. The molecule has 1 N–H and O–H groups in total. The van der Waals surface area contributed by atoms with Gasteiger partial charge in [0, 0.05) is 13.2 Å². The van der Waals surface area contributed by atoms with Crippen LogP contribution in [0.2, 0.25) is 0 Å². The van der Waals surface area contributed by atoms with Crippen molar-refractivity contribution in [3.05, 3.63) is 12.2 Å². The van der Waals surface area contributed by atoms with Gasteiger partial charge >= 0.3 is 5.97 Å². The number of hydrogen-bond donors (Lipinski definition) is 1. The van der Waals surface area contributed by atoms with E-state index in [-0.39, 0.29) is 0 Å². The number of ether oxygens (including phenoxy) is 1. The van der Waals surface area contributed by atoms with Crippen LogP contribution in [0.25, 0.3) is 0 Å². The predicted molar refractivity (Wildman–Crippen MR) is 37.9 cm³/mol. The summed E-state index contributed by atoms with van der Waals surface area (Å²) in [6.45, 7) is 3.57. The van der Waals surface area contributed by atoms with Gasteiger partial charge in [-0.3, -0.25) is 0 Å². The number of methoxy groups -OCH3 is 1. The highest BCUT2D eigenvalue weighted by atomic mass is 16.5. The standard InChI is InChI=1S/C7H12O3/c1-7(2,10-3)5-4-6(8)9/h4-5H,1-3H3,(H,8,9)/b5-4-. The minimum Gasteiger partial charge on any atom is -0.478 e. The third kappa shape index (κ3) is 4.09. The van der Waals surface area contributed by atoms with Crippen LogP contribution < -0.4 is 0 Å². The maximum Gasteiger partial charge on any atom is 0.328 e. The normalized spacial score (nSPS) is 12.3. The molecular weight excluding hydrogens is 132 g/mol. The average Bonchev–Trinajstić information content (AvgIpc) is 1.85. The Hall–Kier alpha value is -0.830. The lowest BCUT2D eigenvalue weighted by Gasteiger charge is -2.16. The lowest BCUT2D eigenvalue weighted by Crippen LogP contribution is -2.18. The lowest BCUT2D eigenvalue weighted by molar-refractivity contribution is -0.131. The molecule has 0 fully saturated rings. The predicted octanol–water partition coefficient (Wildman–Crippen LogP) is 1.05. The number of carbonyl (C=O) groups is 1. The van der Waals surface area contributed by atoms with Crippen molar-refractivity contribution in [3.63, 3.8) is 0 Å². The van der Waals surface area contributed by atoms with Crippen molar-refractivity contribution in [1.29, 1.82) is 0 Å². The van der Waals surface area contributed by atoms with Gasteiger partial charge in [-0.25, -0.2) is 4.79 Å². The Bertz CT molecular complexity index is 147. The molecule has 10 heavy (non-hydrogen) atoms. The highest BCUT2D eigenvalue weighted by Crippen LogP contribution is 2.07. The van der Waals surface area contributed by atoms with Crippen LogP contribution in [0.15, 0.2) is 12.2 Å². The number of carboxylic acids is 1. The van der Waals surface area contributed by atoms with Crippen molar-refractivity contribution in [2.75, 3.05) is 7.11 Å². The Morgan fingerprint density at radius 3 is 2.40 bits per heavy atom. The third-order valence-electron chi connectivity index (χ3n) is 1.15. The number of rotatable bonds is 3. The van der Waals surface area contributed by atoms with Crippen LogP contribution in [0.1, 0.15) is 13.8 Å². The van der Waals surface area contributed by atoms with Gasteiger partial charge in [-0.15, -0.1) is 0 Å². The van der Waals surface area contributed by atoms with Crippen molar-refractivity contribution in [2.45, 2.75) is 19.4 Å². The summed E-state index contributed by atoms with van der Waals surface area (Å²) < 4.78 is 4.94. The summed E-state index contributed by atoms with van der Waals surface area (Å²) in [7, 11) is 1.53. The Morgan fingerprint density at radius 2 is 2.10 bits per heavy atom. The summed E-state index contributed by atoms with van der Waals surface area (Å²) in [6.07, 6.45) is 2.57. The minimum atomic E-state index is -0.954. The molecule has 0 unspecified atom stereocenters. The van der Waals surface area contributed by atoms with Crippen LogP contribution in [0.5, 0.6) is 0 Å². The van der Waals surface area contributed by atoms with E-state index in [4.69, 9.17) is 9.84 Å². The molecule has 58 valence electrons. The van der Waals surface area contributed by atoms with Gasteiger partial charge in [-0.05, 0) is 19.9 Å². The van der Waals surface area contributed by atoms with E-state index < -0.39 is 11.6 Å². The Morgan fingerprint density at radius 1 is 1.60 bits per heavy atom. The van der Waals surface area contributed by atoms with Gasteiger partial charge in [0.05, 0.1) is 5.60 Å². The highest BCUT2D eigenvalue weighted by Gasteiger charge is 2.10. The van der Waals surface area contributed by atoms with Crippen LogP contribution in [0.4, 0.5) is 0 Å². The molecule has 3 nitrogen and oxygen atoms in total. The monoisotopic (exact) mass is 144 g/mol. The van der Waals surface area contributed by atoms with Gasteiger partial charge < -0.3 is 9.84 Å². The van der Waals surface area contributed by atoms with Gasteiger partial charge in [-0.2, -0.15) is 0 Å². The maximum atomic E-state index is 10.0. The molecule has 0 atom stereocenters. The van der Waals surface area contributed by atoms with Crippen molar-refractivity contribution >= 4 is 5.97 Å². The molecule has 0 saturated carbocycles. The van der Waals surface area contributed by atoms with Crippen LogP contribution >= 0.6 is 0 Å². The van der Waals surface area contributed by atoms with Crippen molar-refractivity contribution in [3.8, 4) is 0 Å². The summed E-state index contributed by atoms with van der Waals surface area (Å²) in [5.41, 5.74) is -0.488. The van der Waals surface area contributed by atoms with Crippen molar-refractivity contribution in [1.82, 2.24) is 0 Å². The molecule has 0 aliphatic heterocycles. The Labute approximate surface area is 60.3 Å². The quantitative estimate of drug-likeness (QED) is 0.602. The first-order valence-electron chi connectivity index (χ1n) is 2.95. The maximum absolute atomic E-state index is 10.0. The average molecular weight is 144 g/mol. The van der Waals surface area contributed by atoms with E-state index in [1.807, 2.05) is 0 Å². The van der Waals surface area contributed by atoms with Crippen LogP contribution in [0, 0.1) is 0 Å². The summed E-state index contributed by atoms with van der Waals surface area (Å²) in [5.74, 6) is -0.954. The van der Waals surface area contributed by atoms with E-state index in [2.05, 4.69) is 0 Å².